The number of benzene rings is 1. The van der Waals surface area contributed by atoms with E-state index in [1.54, 1.807) is 6.20 Å². The Labute approximate surface area is 116 Å². The fourth-order valence-electron chi connectivity index (χ4n) is 1.96. The lowest BCUT2D eigenvalue weighted by atomic mass is 10.2. The van der Waals surface area contributed by atoms with Crippen molar-refractivity contribution in [3.8, 4) is 0 Å². The van der Waals surface area contributed by atoms with Gasteiger partial charge in [0.05, 0.1) is 11.7 Å². The first-order chi connectivity index (χ1) is 9.83. The zero-order valence-corrected chi connectivity index (χ0v) is 10.8. The molecule has 2 aromatic heterocycles. The molecule has 0 atom stereocenters. The number of imidazole rings is 1. The molecule has 0 aliphatic heterocycles. The van der Waals surface area contributed by atoms with E-state index >= 15 is 0 Å². The summed E-state index contributed by atoms with van der Waals surface area (Å²) < 4.78 is 1.82. The minimum absolute atomic E-state index is 0.273. The quantitative estimate of drug-likeness (QED) is 0.765. The number of pyridine rings is 1. The van der Waals surface area contributed by atoms with Crippen LogP contribution in [0.3, 0.4) is 0 Å². The van der Waals surface area contributed by atoms with Gasteiger partial charge >= 0.3 is 6.03 Å². The third-order valence-corrected chi connectivity index (χ3v) is 2.96. The highest BCUT2D eigenvalue weighted by Crippen LogP contribution is 2.10. The van der Waals surface area contributed by atoms with Crippen LogP contribution in [0, 0.1) is 0 Å². The van der Waals surface area contributed by atoms with Crippen molar-refractivity contribution < 1.29 is 4.79 Å². The van der Waals surface area contributed by atoms with Crippen LogP contribution in [0.15, 0.2) is 60.9 Å². The fraction of sp³-hybridized carbons (Fsp3) is 0.0667. The lowest BCUT2D eigenvalue weighted by Crippen LogP contribution is -2.29. The van der Waals surface area contributed by atoms with E-state index in [9.17, 15) is 4.79 Å². The van der Waals surface area contributed by atoms with Crippen LogP contribution in [0.4, 0.5) is 10.7 Å². The minimum Gasteiger partial charge on any atom is -0.334 e. The first-order valence-corrected chi connectivity index (χ1v) is 6.34. The molecule has 0 saturated heterocycles. The molecular formula is C15H14N4O. The highest BCUT2D eigenvalue weighted by Gasteiger charge is 2.06. The van der Waals surface area contributed by atoms with E-state index in [-0.39, 0.29) is 6.03 Å². The molecule has 1 aromatic carbocycles. The lowest BCUT2D eigenvalue weighted by molar-refractivity contribution is 0.251. The summed E-state index contributed by atoms with van der Waals surface area (Å²) in [5.74, 6) is 0.506. The third kappa shape index (κ3) is 2.61. The largest absolute Gasteiger partial charge is 0.334 e. The molecule has 100 valence electrons. The number of nitrogens with zero attached hydrogens (tertiary/aromatic N) is 2. The van der Waals surface area contributed by atoms with Gasteiger partial charge in [0.25, 0.3) is 0 Å². The van der Waals surface area contributed by atoms with Crippen LogP contribution in [0.2, 0.25) is 0 Å². The van der Waals surface area contributed by atoms with E-state index in [0.29, 0.717) is 12.5 Å². The van der Waals surface area contributed by atoms with Crippen LogP contribution in [-0.4, -0.2) is 15.4 Å². The number of carbonyl (C=O) groups is 1. The Morgan fingerprint density at radius 3 is 2.75 bits per heavy atom. The molecule has 5 nitrogen and oxygen atoms in total. The number of hydrogen-bond donors (Lipinski definition) is 2. The molecule has 5 heteroatoms. The lowest BCUT2D eigenvalue weighted by Gasteiger charge is -2.06. The van der Waals surface area contributed by atoms with E-state index < -0.39 is 0 Å². The van der Waals surface area contributed by atoms with E-state index in [1.807, 2.05) is 59.1 Å². The summed E-state index contributed by atoms with van der Waals surface area (Å²) in [6.07, 6.45) is 3.57. The molecule has 0 bridgehead atoms. The van der Waals surface area contributed by atoms with Crippen molar-refractivity contribution in [2.45, 2.75) is 6.54 Å². The number of aromatic nitrogens is 2. The fourth-order valence-corrected chi connectivity index (χ4v) is 1.96. The van der Waals surface area contributed by atoms with Gasteiger partial charge in [-0.2, -0.15) is 0 Å². The predicted octanol–water partition coefficient (Wildman–Crippen LogP) is 2.66. The number of fused-ring (bicyclic) bond motifs is 1. The second-order valence-corrected chi connectivity index (χ2v) is 4.37. The average Bonchev–Trinajstić information content (AvgIpc) is 2.90. The van der Waals surface area contributed by atoms with Crippen molar-refractivity contribution >= 4 is 17.5 Å². The van der Waals surface area contributed by atoms with E-state index in [4.69, 9.17) is 0 Å². The molecule has 2 heterocycles. The zero-order chi connectivity index (χ0) is 13.8. The van der Waals surface area contributed by atoms with Crippen LogP contribution < -0.4 is 10.6 Å². The number of urea groups is 1. The van der Waals surface area contributed by atoms with Gasteiger partial charge in [-0.1, -0.05) is 36.4 Å². The van der Waals surface area contributed by atoms with E-state index in [1.165, 1.54) is 0 Å². The molecule has 0 aliphatic rings. The van der Waals surface area contributed by atoms with Crippen molar-refractivity contribution in [2.24, 2.45) is 0 Å². The van der Waals surface area contributed by atoms with Crippen LogP contribution in [0.1, 0.15) is 5.56 Å². The van der Waals surface area contributed by atoms with Crippen molar-refractivity contribution in [3.63, 3.8) is 0 Å². The molecule has 2 amide bonds. The highest BCUT2D eigenvalue weighted by molar-refractivity contribution is 5.87. The molecule has 0 saturated carbocycles. The Morgan fingerprint density at radius 1 is 1.10 bits per heavy atom. The van der Waals surface area contributed by atoms with Crippen molar-refractivity contribution in [1.82, 2.24) is 14.7 Å². The van der Waals surface area contributed by atoms with Gasteiger partial charge in [-0.15, -0.1) is 0 Å². The molecule has 3 rings (SSSR count). The summed E-state index contributed by atoms with van der Waals surface area (Å²) in [6.45, 7) is 0.482. The Balaban J connectivity index is 1.64. The summed E-state index contributed by atoms with van der Waals surface area (Å²) in [6, 6.07) is 15.2. The Bertz CT molecular complexity index is 721. The van der Waals surface area contributed by atoms with Gasteiger partial charge in [0.2, 0.25) is 5.95 Å². The van der Waals surface area contributed by atoms with E-state index in [0.717, 1.165) is 11.1 Å². The summed E-state index contributed by atoms with van der Waals surface area (Å²) in [7, 11) is 0. The number of hydrogen-bond acceptors (Lipinski definition) is 2. The summed E-state index contributed by atoms with van der Waals surface area (Å²) in [5, 5.41) is 5.54. The van der Waals surface area contributed by atoms with Gasteiger partial charge in [-0.05, 0) is 17.7 Å². The molecule has 0 aliphatic carbocycles. The maximum atomic E-state index is 11.9. The third-order valence-electron chi connectivity index (χ3n) is 2.96. The summed E-state index contributed by atoms with van der Waals surface area (Å²) >= 11 is 0. The Kier molecular flexibility index (Phi) is 3.33. The second-order valence-electron chi connectivity index (χ2n) is 4.37. The number of anilines is 1. The molecule has 2 N–H and O–H groups in total. The van der Waals surface area contributed by atoms with Crippen LogP contribution in [0.25, 0.3) is 5.52 Å². The van der Waals surface area contributed by atoms with Gasteiger partial charge in [-0.25, -0.2) is 9.78 Å². The molecule has 0 unspecified atom stereocenters. The van der Waals surface area contributed by atoms with Crippen LogP contribution in [-0.2, 0) is 6.54 Å². The summed E-state index contributed by atoms with van der Waals surface area (Å²) in [5.41, 5.74) is 1.99. The Morgan fingerprint density at radius 2 is 1.90 bits per heavy atom. The highest BCUT2D eigenvalue weighted by atomic mass is 16.2. The molecule has 3 aromatic rings. The van der Waals surface area contributed by atoms with Gasteiger partial charge in [-0.3, -0.25) is 9.72 Å². The van der Waals surface area contributed by atoms with Crippen LogP contribution >= 0.6 is 0 Å². The topological polar surface area (TPSA) is 58.4 Å². The zero-order valence-electron chi connectivity index (χ0n) is 10.8. The SMILES string of the molecule is O=C(NCc1ccccc1)Nc1ncc2ccccn12. The average molecular weight is 266 g/mol. The smallest absolute Gasteiger partial charge is 0.321 e. The first-order valence-electron chi connectivity index (χ1n) is 6.34. The molecule has 0 radical (unpaired) electrons. The normalized spacial score (nSPS) is 10.4. The molecular weight excluding hydrogens is 252 g/mol. The Hall–Kier alpha value is -2.82. The van der Waals surface area contributed by atoms with Gasteiger partial charge in [0.1, 0.15) is 0 Å². The van der Waals surface area contributed by atoms with Gasteiger partial charge < -0.3 is 5.32 Å². The van der Waals surface area contributed by atoms with Crippen molar-refractivity contribution in [1.29, 1.82) is 0 Å². The maximum Gasteiger partial charge on any atom is 0.321 e. The minimum atomic E-state index is -0.273. The standard InChI is InChI=1S/C15H14N4O/c20-15(17-10-12-6-2-1-3-7-12)18-14-16-11-13-8-4-5-9-19(13)14/h1-9,11H,10H2,(H2,16,17,18,20). The molecule has 0 fully saturated rings. The predicted molar refractivity (Wildman–Crippen MR) is 77.5 cm³/mol. The van der Waals surface area contributed by atoms with Crippen LogP contribution in [0.5, 0.6) is 0 Å². The van der Waals surface area contributed by atoms with E-state index in [2.05, 4.69) is 15.6 Å². The monoisotopic (exact) mass is 266 g/mol. The maximum absolute atomic E-state index is 11.9. The molecule has 20 heavy (non-hydrogen) atoms. The van der Waals surface area contributed by atoms with Crippen molar-refractivity contribution in [2.75, 3.05) is 5.32 Å². The number of amides is 2. The van der Waals surface area contributed by atoms with Gasteiger partial charge in [0.15, 0.2) is 0 Å². The summed E-state index contributed by atoms with van der Waals surface area (Å²) in [4.78, 5) is 16.0. The second kappa shape index (κ2) is 5.44. The molecule has 0 spiro atoms. The number of nitrogens with one attached hydrogen (secondary N) is 2. The first kappa shape index (κ1) is 12.2. The number of carbonyl (C=O) groups excluding carboxylic acids is 1. The van der Waals surface area contributed by atoms with Gasteiger partial charge in [0, 0.05) is 12.7 Å². The number of rotatable bonds is 3. The van der Waals surface area contributed by atoms with Crippen molar-refractivity contribution in [3.05, 3.63) is 66.5 Å².